The third-order valence-corrected chi connectivity index (χ3v) is 4.81. The van der Waals surface area contributed by atoms with Crippen molar-refractivity contribution in [3.05, 3.63) is 70.2 Å². The third kappa shape index (κ3) is 4.34. The molecular weight excluding hydrogens is 348 g/mol. The van der Waals surface area contributed by atoms with Gasteiger partial charge in [0.25, 0.3) is 0 Å². The van der Waals surface area contributed by atoms with E-state index in [9.17, 15) is 9.59 Å². The fourth-order valence-corrected chi connectivity index (χ4v) is 3.59. The quantitative estimate of drug-likeness (QED) is 0.694. The number of allylic oxidation sites excluding steroid dienone is 1. The molecule has 5 nitrogen and oxygen atoms in total. The molecule has 0 spiro atoms. The second-order valence-electron chi connectivity index (χ2n) is 5.79. The predicted octanol–water partition coefficient (Wildman–Crippen LogP) is 3.89. The SMILES string of the molecule is CC=Cc1ccc2nc(CC(=O)NCc3cccc(C(=O)O)c3)sc2c1. The first-order valence-corrected chi connectivity index (χ1v) is 8.98. The molecule has 0 aliphatic heterocycles. The smallest absolute Gasteiger partial charge is 0.335 e. The molecular formula is C20H18N2O3S. The van der Waals surface area contributed by atoms with Crippen LogP contribution in [0.1, 0.15) is 33.4 Å². The highest BCUT2D eigenvalue weighted by molar-refractivity contribution is 7.18. The summed E-state index contributed by atoms with van der Waals surface area (Å²) in [7, 11) is 0. The number of nitrogens with zero attached hydrogens (tertiary/aromatic N) is 1. The summed E-state index contributed by atoms with van der Waals surface area (Å²) in [6, 6.07) is 12.6. The molecule has 0 bridgehead atoms. The van der Waals surface area contributed by atoms with E-state index in [2.05, 4.69) is 16.4 Å². The number of carbonyl (C=O) groups excluding carboxylic acids is 1. The van der Waals surface area contributed by atoms with Crippen LogP contribution in [-0.4, -0.2) is 22.0 Å². The zero-order chi connectivity index (χ0) is 18.5. The Morgan fingerprint density at radius 2 is 2.08 bits per heavy atom. The van der Waals surface area contributed by atoms with Gasteiger partial charge >= 0.3 is 5.97 Å². The molecule has 0 radical (unpaired) electrons. The number of amides is 1. The standard InChI is InChI=1S/C20H18N2O3S/c1-2-4-13-7-8-16-17(10-13)26-19(22-16)11-18(23)21-12-14-5-3-6-15(9-14)20(24)25/h2-10H,11-12H2,1H3,(H,21,23)(H,24,25). The number of aromatic carboxylic acids is 1. The van der Waals surface area contributed by atoms with E-state index < -0.39 is 5.97 Å². The summed E-state index contributed by atoms with van der Waals surface area (Å²) < 4.78 is 1.05. The van der Waals surface area contributed by atoms with Crippen LogP contribution in [0.3, 0.4) is 0 Å². The maximum Gasteiger partial charge on any atom is 0.335 e. The molecule has 0 unspecified atom stereocenters. The van der Waals surface area contributed by atoms with Gasteiger partial charge in [-0.2, -0.15) is 0 Å². The van der Waals surface area contributed by atoms with E-state index in [0.29, 0.717) is 0 Å². The van der Waals surface area contributed by atoms with Crippen LogP contribution in [0.25, 0.3) is 16.3 Å². The molecule has 0 fully saturated rings. The predicted molar refractivity (Wildman–Crippen MR) is 103 cm³/mol. The number of hydrogen-bond donors (Lipinski definition) is 2. The van der Waals surface area contributed by atoms with E-state index in [4.69, 9.17) is 5.11 Å². The number of carboxylic acids is 1. The van der Waals surface area contributed by atoms with Crippen molar-refractivity contribution in [1.82, 2.24) is 10.3 Å². The number of aromatic nitrogens is 1. The average molecular weight is 366 g/mol. The summed E-state index contributed by atoms with van der Waals surface area (Å²) in [6.45, 7) is 2.26. The normalized spacial score (nSPS) is 11.1. The molecule has 3 rings (SSSR count). The summed E-state index contributed by atoms with van der Waals surface area (Å²) in [6.07, 6.45) is 4.21. The van der Waals surface area contributed by atoms with Crippen LogP contribution >= 0.6 is 11.3 Å². The van der Waals surface area contributed by atoms with E-state index in [0.717, 1.165) is 26.4 Å². The van der Waals surface area contributed by atoms with Gasteiger partial charge in [-0.1, -0.05) is 30.4 Å². The Labute approximate surface area is 155 Å². The summed E-state index contributed by atoms with van der Waals surface area (Å²) in [4.78, 5) is 27.7. The van der Waals surface area contributed by atoms with E-state index in [1.54, 1.807) is 18.2 Å². The van der Waals surface area contributed by atoms with Crippen molar-refractivity contribution < 1.29 is 14.7 Å². The average Bonchev–Trinajstić information content (AvgIpc) is 3.02. The molecule has 3 aromatic rings. The van der Waals surface area contributed by atoms with Gasteiger partial charge in [-0.25, -0.2) is 9.78 Å². The number of carbonyl (C=O) groups is 2. The van der Waals surface area contributed by atoms with Crippen molar-refractivity contribution >= 4 is 39.5 Å². The number of benzene rings is 2. The Morgan fingerprint density at radius 1 is 1.23 bits per heavy atom. The highest BCUT2D eigenvalue weighted by Gasteiger charge is 2.10. The van der Waals surface area contributed by atoms with Crippen LogP contribution in [0.15, 0.2) is 48.5 Å². The van der Waals surface area contributed by atoms with Crippen molar-refractivity contribution in [3.63, 3.8) is 0 Å². The Morgan fingerprint density at radius 3 is 2.85 bits per heavy atom. The molecule has 26 heavy (non-hydrogen) atoms. The Balaban J connectivity index is 1.63. The van der Waals surface area contributed by atoms with Crippen LogP contribution in [-0.2, 0) is 17.8 Å². The molecule has 0 saturated carbocycles. The molecule has 0 aliphatic rings. The summed E-state index contributed by atoms with van der Waals surface area (Å²) in [5.41, 5.74) is 2.96. The fourth-order valence-electron chi connectivity index (χ4n) is 2.58. The van der Waals surface area contributed by atoms with Gasteiger partial charge in [0.1, 0.15) is 5.01 Å². The topological polar surface area (TPSA) is 79.3 Å². The molecule has 1 heterocycles. The second-order valence-corrected chi connectivity index (χ2v) is 6.91. The first kappa shape index (κ1) is 17.8. The highest BCUT2D eigenvalue weighted by atomic mass is 32.1. The molecule has 2 N–H and O–H groups in total. The lowest BCUT2D eigenvalue weighted by molar-refractivity contribution is -0.120. The second kappa shape index (κ2) is 7.93. The van der Waals surface area contributed by atoms with Gasteiger partial charge in [0.15, 0.2) is 0 Å². The lowest BCUT2D eigenvalue weighted by Gasteiger charge is -2.05. The zero-order valence-corrected chi connectivity index (χ0v) is 15.0. The number of nitrogens with one attached hydrogen (secondary N) is 1. The molecule has 0 aliphatic carbocycles. The Bertz CT molecular complexity index is 992. The number of rotatable bonds is 6. The largest absolute Gasteiger partial charge is 0.478 e. The maximum absolute atomic E-state index is 12.2. The Kier molecular flexibility index (Phi) is 5.43. The van der Waals surface area contributed by atoms with Crippen LogP contribution in [0.5, 0.6) is 0 Å². The van der Waals surface area contributed by atoms with Crippen LogP contribution in [0.4, 0.5) is 0 Å². The summed E-state index contributed by atoms with van der Waals surface area (Å²) >= 11 is 1.51. The highest BCUT2D eigenvalue weighted by Crippen LogP contribution is 2.24. The number of fused-ring (bicyclic) bond motifs is 1. The van der Waals surface area contributed by atoms with Crippen LogP contribution in [0.2, 0.25) is 0 Å². The lowest BCUT2D eigenvalue weighted by Crippen LogP contribution is -2.24. The van der Waals surface area contributed by atoms with Gasteiger partial charge in [-0.3, -0.25) is 4.79 Å². The molecule has 0 saturated heterocycles. The first-order valence-electron chi connectivity index (χ1n) is 8.16. The molecule has 6 heteroatoms. The van der Waals surface area contributed by atoms with E-state index in [-0.39, 0.29) is 24.4 Å². The van der Waals surface area contributed by atoms with Crippen LogP contribution in [0, 0.1) is 0 Å². The van der Waals surface area contributed by atoms with E-state index >= 15 is 0 Å². The minimum atomic E-state index is -0.982. The first-order chi connectivity index (χ1) is 12.5. The van der Waals surface area contributed by atoms with E-state index in [1.807, 2.05) is 31.2 Å². The van der Waals surface area contributed by atoms with Gasteiger partial charge in [0, 0.05) is 6.54 Å². The minimum Gasteiger partial charge on any atom is -0.478 e. The molecule has 132 valence electrons. The number of thiazole rings is 1. The van der Waals surface area contributed by atoms with Crippen molar-refractivity contribution in [3.8, 4) is 0 Å². The zero-order valence-electron chi connectivity index (χ0n) is 14.2. The van der Waals surface area contributed by atoms with Crippen molar-refractivity contribution in [2.75, 3.05) is 0 Å². The van der Waals surface area contributed by atoms with Crippen molar-refractivity contribution in [2.24, 2.45) is 0 Å². The summed E-state index contributed by atoms with van der Waals surface area (Å²) in [5, 5.41) is 12.6. The van der Waals surface area contributed by atoms with E-state index in [1.165, 1.54) is 17.4 Å². The fraction of sp³-hybridized carbons (Fsp3) is 0.150. The van der Waals surface area contributed by atoms with Gasteiger partial charge in [0.2, 0.25) is 5.91 Å². The van der Waals surface area contributed by atoms with Gasteiger partial charge in [-0.15, -0.1) is 11.3 Å². The van der Waals surface area contributed by atoms with Crippen molar-refractivity contribution in [2.45, 2.75) is 19.9 Å². The third-order valence-electron chi connectivity index (χ3n) is 3.79. The lowest BCUT2D eigenvalue weighted by atomic mass is 10.1. The van der Waals surface area contributed by atoms with Gasteiger partial charge in [-0.05, 0) is 42.3 Å². The number of hydrogen-bond acceptors (Lipinski definition) is 4. The molecule has 2 aromatic carbocycles. The maximum atomic E-state index is 12.2. The molecule has 0 atom stereocenters. The minimum absolute atomic E-state index is 0.140. The Hall–Kier alpha value is -2.99. The van der Waals surface area contributed by atoms with Gasteiger partial charge < -0.3 is 10.4 Å². The van der Waals surface area contributed by atoms with Gasteiger partial charge in [0.05, 0.1) is 22.2 Å². The van der Waals surface area contributed by atoms with Crippen molar-refractivity contribution in [1.29, 1.82) is 0 Å². The number of carboxylic acid groups (broad SMARTS) is 1. The molecule has 1 aromatic heterocycles. The van der Waals surface area contributed by atoms with Crippen LogP contribution < -0.4 is 5.32 Å². The summed E-state index contributed by atoms with van der Waals surface area (Å²) in [5.74, 6) is -1.12. The monoisotopic (exact) mass is 366 g/mol. The molecule has 1 amide bonds.